The SMILES string of the molecule is CO[C@@H](/C=C/O)[C@@H](C)[C@@H](OC(C)=O)[C@@H]1O[C@@H]([C@@H](C)/C=C/C=C(/C)C(=O)Nc2c(O)c3c(=O)c(C)c4c(c3c3nc5ccc(OC6CCN(C(=O)OC(C)(C)C)CC6)cc5oc23)C(=O)C(C)(C)O4)[C@@H](C)[C@H]1O. The van der Waals surface area contributed by atoms with E-state index in [4.69, 9.17) is 37.8 Å². The molecule has 0 bridgehead atoms. The second-order valence-electron chi connectivity index (χ2n) is 20.3. The zero-order valence-corrected chi connectivity index (χ0v) is 42.3. The first-order valence-electron chi connectivity index (χ1n) is 23.9. The zero-order chi connectivity index (χ0) is 52.0. The van der Waals surface area contributed by atoms with E-state index in [-0.39, 0.29) is 73.7 Å². The van der Waals surface area contributed by atoms with Gasteiger partial charge in [-0.05, 0) is 66.7 Å². The molecule has 0 aliphatic carbocycles. The second-order valence-corrected chi connectivity index (χ2v) is 20.3. The summed E-state index contributed by atoms with van der Waals surface area (Å²) in [6.07, 6.45) is 3.72. The molecule has 2 saturated heterocycles. The highest BCUT2D eigenvalue weighted by Gasteiger charge is 2.50. The van der Waals surface area contributed by atoms with Crippen LogP contribution in [-0.2, 0) is 28.5 Å². The molecule has 3 aliphatic rings. The lowest BCUT2D eigenvalue weighted by Crippen LogP contribution is -2.46. The number of fused-ring (bicyclic) bond motifs is 6. The van der Waals surface area contributed by atoms with E-state index in [0.29, 0.717) is 37.2 Å². The molecule has 18 heteroatoms. The van der Waals surface area contributed by atoms with E-state index >= 15 is 0 Å². The molecule has 8 atom stereocenters. The van der Waals surface area contributed by atoms with Crippen molar-refractivity contribution in [2.75, 3.05) is 25.5 Å². The molecule has 2 fully saturated rings. The maximum Gasteiger partial charge on any atom is 0.410 e. The van der Waals surface area contributed by atoms with E-state index in [1.165, 1.54) is 27.0 Å². The fourth-order valence-corrected chi connectivity index (χ4v) is 9.61. The first-order chi connectivity index (χ1) is 33.4. The number of esters is 1. The monoisotopic (exact) mass is 983 g/mol. The lowest BCUT2D eigenvalue weighted by Gasteiger charge is -2.33. The zero-order valence-electron chi connectivity index (χ0n) is 42.3. The average Bonchev–Trinajstić information content (AvgIpc) is 3.74. The number of ether oxygens (including phenoxy) is 6. The van der Waals surface area contributed by atoms with Gasteiger partial charge in [-0.2, -0.15) is 0 Å². The van der Waals surface area contributed by atoms with Gasteiger partial charge in [0.25, 0.3) is 5.91 Å². The van der Waals surface area contributed by atoms with Crippen LogP contribution in [0.3, 0.4) is 0 Å². The van der Waals surface area contributed by atoms with Crippen molar-refractivity contribution in [2.24, 2.45) is 17.8 Å². The third-order valence-electron chi connectivity index (χ3n) is 13.5. The van der Waals surface area contributed by atoms with E-state index in [9.17, 15) is 39.3 Å². The number of aliphatic hydroxyl groups excluding tert-OH is 2. The number of benzene rings is 3. The normalized spacial score (nSPS) is 22.5. The molecule has 1 aromatic heterocycles. The number of Topliss-reactive ketones (excluding diaryl/α,β-unsaturated/α-hetero) is 1. The van der Waals surface area contributed by atoms with E-state index in [1.807, 2.05) is 34.6 Å². The molecular weight excluding hydrogens is 919 g/mol. The lowest BCUT2D eigenvalue weighted by atomic mass is 9.86. The number of nitrogens with one attached hydrogen (secondary N) is 1. The number of hydrogen-bond donors (Lipinski definition) is 4. The van der Waals surface area contributed by atoms with Crippen LogP contribution >= 0.6 is 0 Å². The van der Waals surface area contributed by atoms with Gasteiger partial charge in [0, 0.05) is 80.3 Å². The van der Waals surface area contributed by atoms with Crippen molar-refractivity contribution in [3.63, 3.8) is 0 Å². The molecule has 4 aromatic rings. The standard InChI is InChI=1S/C53H65N3O15/c1-25(44-29(5)42(60)48(69-44)46(66-30(6)58)27(3)34(65-12)20-23-57)14-13-15-26(2)50(63)55-40-43(61)37-36(38-45(28(4)41(37)59)70-53(10,11)49(38)62)39-47(40)68-35-24-32(16-17-33(35)54-39)67-31-18-21-56(22-19-31)51(64)71-52(7,8)9/h13-17,20,23-25,27,29,31,34,42,44,46,48,57,60-61H,18-19,21-22H2,1-12H3,(H,55,63)/b14-13+,23-20+,26-15-/t25-,27+,29-,34-,42+,44-,46+,48+/m0/s1. The molecule has 0 radical (unpaired) electrons. The number of aliphatic hydroxyl groups is 2. The fraction of sp³-hybridized carbons (Fsp3) is 0.509. The van der Waals surface area contributed by atoms with Crippen LogP contribution in [-0.4, -0.2) is 117 Å². The molecular formula is C53H65N3O15. The Bertz CT molecular complexity index is 2900. The van der Waals surface area contributed by atoms with Crippen molar-refractivity contribution in [3.05, 3.63) is 75.7 Å². The molecule has 18 nitrogen and oxygen atoms in total. The number of nitrogens with zero attached hydrogens (tertiary/aromatic N) is 2. The number of methoxy groups -OCH3 is 1. The van der Waals surface area contributed by atoms with Crippen LogP contribution < -0.4 is 20.2 Å². The van der Waals surface area contributed by atoms with Crippen molar-refractivity contribution in [3.8, 4) is 17.2 Å². The first-order valence-corrected chi connectivity index (χ1v) is 23.9. The molecule has 382 valence electrons. The quantitative estimate of drug-likeness (QED) is 0.0188. The molecule has 3 aliphatic heterocycles. The smallest absolute Gasteiger partial charge is 0.410 e. The molecule has 0 spiro atoms. The van der Waals surface area contributed by atoms with Gasteiger partial charge >= 0.3 is 12.1 Å². The van der Waals surface area contributed by atoms with Gasteiger partial charge in [0.15, 0.2) is 27.9 Å². The largest absolute Gasteiger partial charge is 0.516 e. The third-order valence-corrected chi connectivity index (χ3v) is 13.5. The van der Waals surface area contributed by atoms with Gasteiger partial charge in [0.1, 0.15) is 52.1 Å². The Morgan fingerprint density at radius 2 is 1.73 bits per heavy atom. The van der Waals surface area contributed by atoms with Gasteiger partial charge in [-0.15, -0.1) is 0 Å². The highest BCUT2D eigenvalue weighted by molar-refractivity contribution is 6.26. The Morgan fingerprint density at radius 3 is 2.37 bits per heavy atom. The maximum atomic E-state index is 14.2. The van der Waals surface area contributed by atoms with Crippen LogP contribution in [0.1, 0.15) is 98.0 Å². The molecule has 2 amide bonds. The Kier molecular flexibility index (Phi) is 15.0. The minimum Gasteiger partial charge on any atom is -0.516 e. The van der Waals surface area contributed by atoms with E-state index in [2.05, 4.69) is 5.32 Å². The van der Waals surface area contributed by atoms with Gasteiger partial charge < -0.3 is 58.4 Å². The summed E-state index contributed by atoms with van der Waals surface area (Å²) in [6, 6.07) is 5.01. The average molecular weight is 984 g/mol. The fourth-order valence-electron chi connectivity index (χ4n) is 9.61. The Balaban J connectivity index is 1.19. The molecule has 0 unspecified atom stereocenters. The number of aromatic nitrogens is 1. The number of rotatable bonds is 13. The van der Waals surface area contributed by atoms with Crippen molar-refractivity contribution < 1.29 is 67.3 Å². The summed E-state index contributed by atoms with van der Waals surface area (Å²) in [5, 5.41) is 35.4. The van der Waals surface area contributed by atoms with Crippen molar-refractivity contribution in [2.45, 2.75) is 137 Å². The predicted molar refractivity (Wildman–Crippen MR) is 264 cm³/mol. The number of amides is 2. The van der Waals surface area contributed by atoms with Crippen LogP contribution in [0.2, 0.25) is 0 Å². The van der Waals surface area contributed by atoms with Crippen molar-refractivity contribution >= 4 is 62.4 Å². The number of likely N-dealkylation sites (tertiary alicyclic amines) is 1. The summed E-state index contributed by atoms with van der Waals surface area (Å²) in [7, 11) is 1.45. The summed E-state index contributed by atoms with van der Waals surface area (Å²) in [5.41, 5.74) is -2.06. The van der Waals surface area contributed by atoms with Crippen LogP contribution in [0.5, 0.6) is 17.2 Å². The minimum absolute atomic E-state index is 0.0217. The van der Waals surface area contributed by atoms with E-state index in [1.54, 1.807) is 69.0 Å². The Hall–Kier alpha value is -6.50. The highest BCUT2D eigenvalue weighted by Crippen LogP contribution is 2.48. The number of hydrogen-bond acceptors (Lipinski definition) is 16. The highest BCUT2D eigenvalue weighted by atomic mass is 16.6. The summed E-state index contributed by atoms with van der Waals surface area (Å²) in [4.78, 5) is 73.7. The number of phenolic OH excluding ortho intramolecular Hbond substituents is 1. The molecule has 0 saturated carbocycles. The van der Waals surface area contributed by atoms with Gasteiger partial charge in [-0.1, -0.05) is 39.0 Å². The summed E-state index contributed by atoms with van der Waals surface area (Å²) in [6.45, 7) is 19.3. The van der Waals surface area contributed by atoms with Crippen molar-refractivity contribution in [1.82, 2.24) is 9.88 Å². The number of phenols is 1. The number of piperidine rings is 1. The number of anilines is 1. The van der Waals surface area contributed by atoms with Gasteiger partial charge in [-0.3, -0.25) is 19.2 Å². The molecule has 7 rings (SSSR count). The first kappa shape index (κ1) is 52.3. The molecule has 3 aromatic carbocycles. The van der Waals surface area contributed by atoms with Crippen molar-refractivity contribution in [1.29, 1.82) is 0 Å². The second kappa shape index (κ2) is 20.3. The van der Waals surface area contributed by atoms with Crippen LogP contribution in [0.15, 0.2) is 63.6 Å². The third kappa shape index (κ3) is 10.5. The van der Waals surface area contributed by atoms with Crippen LogP contribution in [0.4, 0.5) is 10.5 Å². The Labute approximate surface area is 411 Å². The topological polar surface area (TPSA) is 243 Å². The van der Waals surface area contributed by atoms with Gasteiger partial charge in [0.2, 0.25) is 5.78 Å². The number of carbonyl (C=O) groups is 4. The lowest BCUT2D eigenvalue weighted by molar-refractivity contribution is -0.168. The molecule has 4 N–H and O–H groups in total. The van der Waals surface area contributed by atoms with Gasteiger partial charge in [-0.25, -0.2) is 9.78 Å². The molecule has 4 heterocycles. The number of allylic oxidation sites excluding steroid dienone is 2. The van der Waals surface area contributed by atoms with Crippen LogP contribution in [0.25, 0.3) is 33.0 Å². The summed E-state index contributed by atoms with van der Waals surface area (Å²) >= 11 is 0. The number of aromatic hydroxyl groups is 1. The molecule has 71 heavy (non-hydrogen) atoms. The van der Waals surface area contributed by atoms with E-state index in [0.717, 1.165) is 6.26 Å². The minimum atomic E-state index is -1.33. The summed E-state index contributed by atoms with van der Waals surface area (Å²) < 4.78 is 42.0. The predicted octanol–water partition coefficient (Wildman–Crippen LogP) is 8.14. The Morgan fingerprint density at radius 1 is 1.04 bits per heavy atom. The summed E-state index contributed by atoms with van der Waals surface area (Å²) in [5.74, 6) is -3.02. The van der Waals surface area contributed by atoms with E-state index < -0.39 is 82.4 Å². The number of ketones is 1. The van der Waals surface area contributed by atoms with Crippen LogP contribution in [0, 0.1) is 24.7 Å². The van der Waals surface area contributed by atoms with Gasteiger partial charge in [0.05, 0.1) is 35.5 Å². The maximum absolute atomic E-state index is 14.2. The number of carbonyl (C=O) groups excluding carboxylic acids is 4.